The quantitative estimate of drug-likeness (QED) is 0.800. The summed E-state index contributed by atoms with van der Waals surface area (Å²) in [4.78, 5) is 3.66. The maximum atomic E-state index is 11.7. The second-order valence-corrected chi connectivity index (χ2v) is 7.89. The molecule has 1 N–H and O–H groups in total. The van der Waals surface area contributed by atoms with Gasteiger partial charge < -0.3 is 4.98 Å². The van der Waals surface area contributed by atoms with Crippen LogP contribution >= 0.6 is 0 Å². The van der Waals surface area contributed by atoms with Crippen LogP contribution in [-0.4, -0.2) is 19.7 Å². The molecule has 3 aromatic rings. The Morgan fingerprint density at radius 2 is 1.68 bits per heavy atom. The maximum absolute atomic E-state index is 11.7. The number of rotatable bonds is 3. The van der Waals surface area contributed by atoms with Crippen molar-refractivity contribution in [3.05, 3.63) is 64.8 Å². The van der Waals surface area contributed by atoms with Gasteiger partial charge in [-0.3, -0.25) is 0 Å². The molecular formula is C18H19NO2S. The summed E-state index contributed by atoms with van der Waals surface area (Å²) >= 11 is 0. The Morgan fingerprint density at radius 1 is 1.00 bits per heavy atom. The smallest absolute Gasteiger partial charge is 0.175 e. The lowest BCUT2D eigenvalue weighted by atomic mass is 10.0. The second-order valence-electron chi connectivity index (χ2n) is 5.87. The van der Waals surface area contributed by atoms with E-state index in [1.165, 1.54) is 22.9 Å². The zero-order valence-electron chi connectivity index (χ0n) is 13.0. The number of H-pyrrole nitrogens is 1. The molecule has 0 aliphatic carbocycles. The average molecular weight is 313 g/mol. The van der Waals surface area contributed by atoms with Gasteiger partial charge in [0.2, 0.25) is 0 Å². The number of nitrogens with one attached hydrogen (secondary N) is 1. The number of aromatic nitrogens is 1. The van der Waals surface area contributed by atoms with Gasteiger partial charge in [0.15, 0.2) is 9.84 Å². The zero-order chi connectivity index (χ0) is 15.9. The highest BCUT2D eigenvalue weighted by molar-refractivity contribution is 7.90. The van der Waals surface area contributed by atoms with E-state index >= 15 is 0 Å². The lowest BCUT2D eigenvalue weighted by Crippen LogP contribution is -1.96. The van der Waals surface area contributed by atoms with E-state index in [4.69, 9.17) is 0 Å². The van der Waals surface area contributed by atoms with E-state index in [1.807, 2.05) is 13.0 Å². The van der Waals surface area contributed by atoms with Crippen molar-refractivity contribution >= 4 is 20.7 Å². The van der Waals surface area contributed by atoms with Crippen molar-refractivity contribution in [2.24, 2.45) is 0 Å². The summed E-state index contributed by atoms with van der Waals surface area (Å²) in [7, 11) is -3.18. The van der Waals surface area contributed by atoms with Crippen LogP contribution in [0.15, 0.2) is 47.4 Å². The fraction of sp³-hybridized carbons (Fsp3) is 0.222. The Hall–Kier alpha value is -2.07. The van der Waals surface area contributed by atoms with Crippen LogP contribution in [0.5, 0.6) is 0 Å². The van der Waals surface area contributed by atoms with E-state index in [1.54, 1.807) is 12.1 Å². The maximum Gasteiger partial charge on any atom is 0.175 e. The highest BCUT2D eigenvalue weighted by Crippen LogP contribution is 2.27. The Morgan fingerprint density at radius 3 is 2.32 bits per heavy atom. The molecule has 0 amide bonds. The topological polar surface area (TPSA) is 49.9 Å². The molecular weight excluding hydrogens is 294 g/mol. The normalized spacial score (nSPS) is 12.0. The van der Waals surface area contributed by atoms with E-state index in [0.29, 0.717) is 4.90 Å². The third-order valence-electron chi connectivity index (χ3n) is 4.02. The van der Waals surface area contributed by atoms with Crippen molar-refractivity contribution in [2.75, 3.05) is 6.26 Å². The first-order valence-electron chi connectivity index (χ1n) is 7.21. The first-order valence-corrected chi connectivity index (χ1v) is 9.10. The molecule has 0 unspecified atom stereocenters. The molecule has 0 bridgehead atoms. The van der Waals surface area contributed by atoms with Crippen LogP contribution in [-0.2, 0) is 16.3 Å². The minimum atomic E-state index is -3.18. The summed E-state index contributed by atoms with van der Waals surface area (Å²) in [6.07, 6.45) is 2.07. The predicted molar refractivity (Wildman–Crippen MR) is 90.1 cm³/mol. The SMILES string of the molecule is Cc1ccc(Cc2c(C)[nH]c3cc(S(C)(=O)=O)ccc23)cc1. The minimum Gasteiger partial charge on any atom is -0.358 e. The van der Waals surface area contributed by atoms with Gasteiger partial charge in [0.1, 0.15) is 0 Å². The number of hydrogen-bond acceptors (Lipinski definition) is 2. The number of sulfone groups is 1. The molecule has 114 valence electrons. The van der Waals surface area contributed by atoms with Crippen LogP contribution in [0, 0.1) is 13.8 Å². The lowest BCUT2D eigenvalue weighted by Gasteiger charge is -2.04. The third-order valence-corrected chi connectivity index (χ3v) is 5.13. The van der Waals surface area contributed by atoms with Gasteiger partial charge in [0.25, 0.3) is 0 Å². The number of aryl methyl sites for hydroxylation is 2. The molecule has 0 saturated heterocycles. The van der Waals surface area contributed by atoms with Crippen LogP contribution < -0.4 is 0 Å². The Kier molecular flexibility index (Phi) is 3.57. The van der Waals surface area contributed by atoms with E-state index in [9.17, 15) is 8.42 Å². The van der Waals surface area contributed by atoms with Crippen molar-refractivity contribution in [1.82, 2.24) is 4.98 Å². The van der Waals surface area contributed by atoms with Gasteiger partial charge in [-0.2, -0.15) is 0 Å². The van der Waals surface area contributed by atoms with E-state index in [2.05, 4.69) is 36.2 Å². The van der Waals surface area contributed by atoms with Crippen molar-refractivity contribution < 1.29 is 8.42 Å². The largest absolute Gasteiger partial charge is 0.358 e. The van der Waals surface area contributed by atoms with Gasteiger partial charge in [0, 0.05) is 22.9 Å². The first-order chi connectivity index (χ1) is 10.3. The van der Waals surface area contributed by atoms with Crippen molar-refractivity contribution in [3.63, 3.8) is 0 Å². The molecule has 0 radical (unpaired) electrons. The summed E-state index contributed by atoms with van der Waals surface area (Å²) < 4.78 is 23.4. The summed E-state index contributed by atoms with van der Waals surface area (Å²) in [5.41, 5.74) is 5.68. The zero-order valence-corrected chi connectivity index (χ0v) is 13.8. The molecule has 2 aromatic carbocycles. The minimum absolute atomic E-state index is 0.350. The van der Waals surface area contributed by atoms with E-state index in [-0.39, 0.29) is 0 Å². The van der Waals surface area contributed by atoms with Crippen LogP contribution in [0.25, 0.3) is 10.9 Å². The summed E-state index contributed by atoms with van der Waals surface area (Å²) in [6, 6.07) is 13.8. The number of fused-ring (bicyclic) bond motifs is 1. The molecule has 1 aromatic heterocycles. The Labute approximate surface area is 130 Å². The van der Waals surface area contributed by atoms with Crippen LogP contribution in [0.2, 0.25) is 0 Å². The standard InChI is InChI=1S/C18H19NO2S/c1-12-4-6-14(7-5-12)10-17-13(2)19-18-11-15(22(3,20)21)8-9-16(17)18/h4-9,11,19H,10H2,1-3H3. The van der Waals surface area contributed by atoms with Crippen LogP contribution in [0.3, 0.4) is 0 Å². The van der Waals surface area contributed by atoms with Crippen LogP contribution in [0.4, 0.5) is 0 Å². The third kappa shape index (κ3) is 2.79. The molecule has 0 spiro atoms. The fourth-order valence-electron chi connectivity index (χ4n) is 2.74. The monoisotopic (exact) mass is 313 g/mol. The van der Waals surface area contributed by atoms with Crippen molar-refractivity contribution in [1.29, 1.82) is 0 Å². The van der Waals surface area contributed by atoms with Gasteiger partial charge in [-0.1, -0.05) is 35.9 Å². The van der Waals surface area contributed by atoms with Gasteiger partial charge in [-0.25, -0.2) is 8.42 Å². The summed E-state index contributed by atoms with van der Waals surface area (Å²) in [6.45, 7) is 4.11. The van der Waals surface area contributed by atoms with Gasteiger partial charge >= 0.3 is 0 Å². The van der Waals surface area contributed by atoms with Crippen molar-refractivity contribution in [2.45, 2.75) is 25.2 Å². The lowest BCUT2D eigenvalue weighted by molar-refractivity contribution is 0.602. The Bertz CT molecular complexity index is 935. The van der Waals surface area contributed by atoms with E-state index in [0.717, 1.165) is 23.0 Å². The number of aromatic amines is 1. The molecule has 22 heavy (non-hydrogen) atoms. The summed E-state index contributed by atoms with van der Waals surface area (Å²) in [5.74, 6) is 0. The average Bonchev–Trinajstić information content (AvgIpc) is 2.76. The molecule has 0 atom stereocenters. The fourth-order valence-corrected chi connectivity index (χ4v) is 3.39. The molecule has 4 heteroatoms. The Balaban J connectivity index is 2.06. The highest BCUT2D eigenvalue weighted by Gasteiger charge is 2.13. The second kappa shape index (κ2) is 5.29. The summed E-state index contributed by atoms with van der Waals surface area (Å²) in [5, 5.41) is 1.09. The highest BCUT2D eigenvalue weighted by atomic mass is 32.2. The predicted octanol–water partition coefficient (Wildman–Crippen LogP) is 3.78. The van der Waals surface area contributed by atoms with Gasteiger partial charge in [-0.15, -0.1) is 0 Å². The number of benzene rings is 2. The number of hydrogen-bond donors (Lipinski definition) is 1. The molecule has 0 saturated carbocycles. The van der Waals surface area contributed by atoms with Crippen LogP contribution in [0.1, 0.15) is 22.4 Å². The van der Waals surface area contributed by atoms with Crippen molar-refractivity contribution in [3.8, 4) is 0 Å². The van der Waals surface area contributed by atoms with Gasteiger partial charge in [0.05, 0.1) is 4.90 Å². The molecule has 3 rings (SSSR count). The molecule has 0 aliphatic heterocycles. The molecule has 0 aliphatic rings. The molecule has 0 fully saturated rings. The van der Waals surface area contributed by atoms with E-state index < -0.39 is 9.84 Å². The first kappa shape index (κ1) is 14.9. The molecule has 3 nitrogen and oxygen atoms in total. The van der Waals surface area contributed by atoms with Gasteiger partial charge in [-0.05, 0) is 43.5 Å². The molecule has 1 heterocycles.